The number of anilines is 1. The van der Waals surface area contributed by atoms with E-state index in [0.717, 1.165) is 16.3 Å². The van der Waals surface area contributed by atoms with E-state index in [4.69, 9.17) is 10.8 Å². The third-order valence-electron chi connectivity index (χ3n) is 1.46. The molecule has 3 nitrogen and oxygen atoms in total. The molecule has 66 valence electrons. The number of nitrogens with two attached hydrogens (primary N) is 1. The lowest BCUT2D eigenvalue weighted by Gasteiger charge is -2.02. The van der Waals surface area contributed by atoms with Crippen LogP contribution in [0.3, 0.4) is 0 Å². The van der Waals surface area contributed by atoms with Crippen molar-refractivity contribution >= 4 is 17.4 Å². The highest BCUT2D eigenvalue weighted by Crippen LogP contribution is 2.18. The number of hydrogen-bond donors (Lipinski definition) is 2. The summed E-state index contributed by atoms with van der Waals surface area (Å²) in [5.41, 5.74) is 7.42. The minimum atomic E-state index is 0.167. The Bertz CT molecular complexity index is 265. The Kier molecular flexibility index (Phi) is 3.37. The number of aliphatic hydroxyl groups is 1. The minimum absolute atomic E-state index is 0.167. The van der Waals surface area contributed by atoms with E-state index in [0.29, 0.717) is 5.75 Å². The van der Waals surface area contributed by atoms with Crippen molar-refractivity contribution < 1.29 is 5.11 Å². The van der Waals surface area contributed by atoms with E-state index in [1.54, 1.807) is 6.20 Å². The van der Waals surface area contributed by atoms with Crippen molar-refractivity contribution in [2.24, 2.45) is 0 Å². The van der Waals surface area contributed by atoms with Crippen LogP contribution in [0.1, 0.15) is 5.56 Å². The van der Waals surface area contributed by atoms with Gasteiger partial charge in [0.1, 0.15) is 0 Å². The summed E-state index contributed by atoms with van der Waals surface area (Å²) in [4.78, 5) is 4.15. The van der Waals surface area contributed by atoms with Crippen molar-refractivity contribution in [1.82, 2.24) is 4.98 Å². The molecule has 0 saturated carbocycles. The molecule has 1 rings (SSSR count). The quantitative estimate of drug-likeness (QED) is 0.689. The van der Waals surface area contributed by atoms with E-state index in [9.17, 15) is 0 Å². The highest BCUT2D eigenvalue weighted by atomic mass is 32.2. The molecule has 0 bridgehead atoms. The predicted molar refractivity (Wildman–Crippen MR) is 51.2 cm³/mol. The van der Waals surface area contributed by atoms with Crippen molar-refractivity contribution in [1.29, 1.82) is 0 Å². The molecule has 0 amide bonds. The van der Waals surface area contributed by atoms with Gasteiger partial charge in [0.15, 0.2) is 0 Å². The molecule has 0 saturated heterocycles. The first-order valence-electron chi connectivity index (χ1n) is 3.70. The van der Waals surface area contributed by atoms with Crippen LogP contribution in [0.15, 0.2) is 17.3 Å². The van der Waals surface area contributed by atoms with Crippen LogP contribution in [-0.2, 0) is 0 Å². The molecule has 0 unspecified atom stereocenters. The number of pyridine rings is 1. The van der Waals surface area contributed by atoms with Crippen molar-refractivity contribution in [3.05, 3.63) is 17.8 Å². The third kappa shape index (κ3) is 2.39. The number of aliphatic hydroxyl groups excluding tert-OH is 1. The average Bonchev–Trinajstić information content (AvgIpc) is 2.07. The zero-order chi connectivity index (χ0) is 8.97. The molecule has 0 fully saturated rings. The number of hydrogen-bond acceptors (Lipinski definition) is 4. The van der Waals surface area contributed by atoms with E-state index in [1.165, 1.54) is 11.8 Å². The molecular weight excluding hydrogens is 172 g/mol. The monoisotopic (exact) mass is 184 g/mol. The standard InChI is InChI=1S/C8H12N2OS/c1-6-5-10-8(4-7(6)9)12-3-2-11/h4-5,11H,2-3H2,1H3,(H2,9,10). The van der Waals surface area contributed by atoms with Crippen molar-refractivity contribution in [3.8, 4) is 0 Å². The van der Waals surface area contributed by atoms with Crippen LogP contribution < -0.4 is 5.73 Å². The summed E-state index contributed by atoms with van der Waals surface area (Å²) in [6.45, 7) is 2.09. The van der Waals surface area contributed by atoms with Crippen LogP contribution in [0.2, 0.25) is 0 Å². The maximum atomic E-state index is 8.57. The predicted octanol–water partition coefficient (Wildman–Crippen LogP) is 1.06. The number of thioether (sulfide) groups is 1. The summed E-state index contributed by atoms with van der Waals surface area (Å²) in [7, 11) is 0. The first-order valence-corrected chi connectivity index (χ1v) is 4.68. The van der Waals surface area contributed by atoms with Crippen LogP contribution in [0.4, 0.5) is 5.69 Å². The van der Waals surface area contributed by atoms with E-state index in [-0.39, 0.29) is 6.61 Å². The first kappa shape index (κ1) is 9.35. The van der Waals surface area contributed by atoms with Gasteiger partial charge in [0.25, 0.3) is 0 Å². The smallest absolute Gasteiger partial charge is 0.0981 e. The normalized spacial score (nSPS) is 10.2. The summed E-state index contributed by atoms with van der Waals surface area (Å²) in [6, 6.07) is 1.83. The second kappa shape index (κ2) is 4.33. The highest BCUT2D eigenvalue weighted by Gasteiger charge is 1.97. The van der Waals surface area contributed by atoms with Gasteiger partial charge in [0, 0.05) is 17.6 Å². The lowest BCUT2D eigenvalue weighted by Crippen LogP contribution is -1.93. The Morgan fingerprint density at radius 3 is 3.00 bits per heavy atom. The maximum absolute atomic E-state index is 8.57. The van der Waals surface area contributed by atoms with Gasteiger partial charge in [-0.15, -0.1) is 11.8 Å². The van der Waals surface area contributed by atoms with Gasteiger partial charge in [-0.2, -0.15) is 0 Å². The zero-order valence-electron chi connectivity index (χ0n) is 6.95. The fourth-order valence-electron chi connectivity index (χ4n) is 0.748. The summed E-state index contributed by atoms with van der Waals surface area (Å²) in [5, 5.41) is 9.44. The summed E-state index contributed by atoms with van der Waals surface area (Å²) < 4.78 is 0. The molecule has 12 heavy (non-hydrogen) atoms. The molecule has 0 aliphatic carbocycles. The Balaban J connectivity index is 2.69. The van der Waals surface area contributed by atoms with Crippen LogP contribution in [-0.4, -0.2) is 22.5 Å². The van der Waals surface area contributed by atoms with E-state index in [1.807, 2.05) is 13.0 Å². The highest BCUT2D eigenvalue weighted by molar-refractivity contribution is 7.99. The average molecular weight is 184 g/mol. The molecule has 1 aromatic heterocycles. The first-order chi connectivity index (χ1) is 5.74. The third-order valence-corrected chi connectivity index (χ3v) is 2.37. The summed E-state index contributed by atoms with van der Waals surface area (Å²) in [5.74, 6) is 0.662. The van der Waals surface area contributed by atoms with Crippen molar-refractivity contribution in [3.63, 3.8) is 0 Å². The van der Waals surface area contributed by atoms with Crippen molar-refractivity contribution in [2.45, 2.75) is 11.9 Å². The number of aromatic nitrogens is 1. The molecule has 3 N–H and O–H groups in total. The zero-order valence-corrected chi connectivity index (χ0v) is 7.77. The molecule has 0 radical (unpaired) electrons. The maximum Gasteiger partial charge on any atom is 0.0981 e. The fourth-order valence-corrected chi connectivity index (χ4v) is 1.39. The molecule has 0 spiro atoms. The van der Waals surface area contributed by atoms with Crippen LogP contribution in [0.5, 0.6) is 0 Å². The molecule has 0 aliphatic rings. The van der Waals surface area contributed by atoms with Gasteiger partial charge in [0.2, 0.25) is 0 Å². The van der Waals surface area contributed by atoms with Gasteiger partial charge in [-0.1, -0.05) is 0 Å². The number of nitrogen functional groups attached to an aromatic ring is 1. The number of nitrogens with zero attached hydrogens (tertiary/aromatic N) is 1. The fraction of sp³-hybridized carbons (Fsp3) is 0.375. The molecule has 4 heteroatoms. The number of rotatable bonds is 3. The van der Waals surface area contributed by atoms with Crippen LogP contribution in [0, 0.1) is 6.92 Å². The van der Waals surface area contributed by atoms with E-state index in [2.05, 4.69) is 4.98 Å². The number of aryl methyl sites for hydroxylation is 1. The lowest BCUT2D eigenvalue weighted by molar-refractivity contribution is 0.322. The Labute approximate surface area is 76.0 Å². The SMILES string of the molecule is Cc1cnc(SCCO)cc1N. The Morgan fingerprint density at radius 1 is 1.67 bits per heavy atom. The minimum Gasteiger partial charge on any atom is -0.398 e. The molecule has 0 atom stereocenters. The largest absolute Gasteiger partial charge is 0.398 e. The van der Waals surface area contributed by atoms with E-state index < -0.39 is 0 Å². The lowest BCUT2D eigenvalue weighted by atomic mass is 10.3. The van der Waals surface area contributed by atoms with E-state index >= 15 is 0 Å². The molecule has 1 heterocycles. The van der Waals surface area contributed by atoms with Gasteiger partial charge in [0.05, 0.1) is 11.6 Å². The second-order valence-corrected chi connectivity index (χ2v) is 3.57. The van der Waals surface area contributed by atoms with Crippen molar-refractivity contribution in [2.75, 3.05) is 18.1 Å². The second-order valence-electron chi connectivity index (χ2n) is 2.45. The van der Waals surface area contributed by atoms with Gasteiger partial charge >= 0.3 is 0 Å². The molecule has 0 aromatic carbocycles. The van der Waals surface area contributed by atoms with Gasteiger partial charge < -0.3 is 10.8 Å². The summed E-state index contributed by atoms with van der Waals surface area (Å²) in [6.07, 6.45) is 1.75. The molecular formula is C8H12N2OS. The van der Waals surface area contributed by atoms with Gasteiger partial charge in [-0.3, -0.25) is 0 Å². The van der Waals surface area contributed by atoms with Crippen LogP contribution in [0.25, 0.3) is 0 Å². The van der Waals surface area contributed by atoms with Crippen LogP contribution >= 0.6 is 11.8 Å². The Hall–Kier alpha value is -0.740. The van der Waals surface area contributed by atoms with Gasteiger partial charge in [-0.25, -0.2) is 4.98 Å². The molecule has 0 aliphatic heterocycles. The Morgan fingerprint density at radius 2 is 2.42 bits per heavy atom. The molecule has 1 aromatic rings. The summed E-state index contributed by atoms with van der Waals surface area (Å²) >= 11 is 1.50. The van der Waals surface area contributed by atoms with Gasteiger partial charge in [-0.05, 0) is 18.6 Å². The topological polar surface area (TPSA) is 59.1 Å².